The molecule has 0 saturated heterocycles. The minimum Gasteiger partial charge on any atom is -0.496 e. The summed E-state index contributed by atoms with van der Waals surface area (Å²) >= 11 is 0. The van der Waals surface area contributed by atoms with Crippen LogP contribution in [0.5, 0.6) is 5.75 Å². The quantitative estimate of drug-likeness (QED) is 0.844. The monoisotopic (exact) mass is 286 g/mol. The fraction of sp³-hybridized carbons (Fsp3) is 0.312. The van der Waals surface area contributed by atoms with Crippen LogP contribution < -0.4 is 4.74 Å². The predicted molar refractivity (Wildman–Crippen MR) is 77.6 cm³/mol. The molecule has 0 aliphatic rings. The van der Waals surface area contributed by atoms with E-state index in [4.69, 9.17) is 14.4 Å². The number of furan rings is 1. The number of para-hydroxylation sites is 1. The third-order valence-electron chi connectivity index (χ3n) is 3.15. The number of ether oxygens (including phenoxy) is 1. The number of aliphatic hydroxyl groups excluding tert-OH is 1. The first kappa shape index (κ1) is 15.1. The highest BCUT2D eigenvalue weighted by Crippen LogP contribution is 2.20. The minimum absolute atomic E-state index is 0.0565. The molecule has 5 nitrogen and oxygen atoms in total. The van der Waals surface area contributed by atoms with E-state index in [1.54, 1.807) is 19.2 Å². The summed E-state index contributed by atoms with van der Waals surface area (Å²) in [7, 11) is 1.64. The average molecular weight is 286 g/mol. The van der Waals surface area contributed by atoms with Crippen LogP contribution in [0.3, 0.4) is 0 Å². The van der Waals surface area contributed by atoms with E-state index < -0.39 is 0 Å². The predicted octanol–water partition coefficient (Wildman–Crippen LogP) is 2.15. The standard InChI is InChI=1S/C16H18N2O3/c1-20-16-5-3-2-4-13(16)11-18(8-9-19)12-15-7-6-14(10-17)21-15/h2-7,19H,8-9,11-12H2,1H3. The summed E-state index contributed by atoms with van der Waals surface area (Å²) in [6.07, 6.45) is 0. The van der Waals surface area contributed by atoms with Crippen molar-refractivity contribution in [3.05, 3.63) is 53.5 Å². The maximum absolute atomic E-state index is 9.21. The van der Waals surface area contributed by atoms with E-state index in [9.17, 15) is 5.11 Å². The molecule has 2 rings (SSSR count). The van der Waals surface area contributed by atoms with Crippen molar-refractivity contribution in [2.45, 2.75) is 13.1 Å². The first-order valence-corrected chi connectivity index (χ1v) is 6.70. The number of aliphatic hydroxyl groups is 1. The van der Waals surface area contributed by atoms with Crippen LogP contribution in [-0.2, 0) is 13.1 Å². The topological polar surface area (TPSA) is 69.6 Å². The third kappa shape index (κ3) is 4.09. The van der Waals surface area contributed by atoms with Gasteiger partial charge in [0.05, 0.1) is 20.3 Å². The Labute approximate surface area is 124 Å². The Morgan fingerprint density at radius 1 is 1.24 bits per heavy atom. The summed E-state index contributed by atoms with van der Waals surface area (Å²) in [6.45, 7) is 1.73. The lowest BCUT2D eigenvalue weighted by Gasteiger charge is -2.21. The lowest BCUT2D eigenvalue weighted by Crippen LogP contribution is -2.26. The molecule has 0 bridgehead atoms. The Morgan fingerprint density at radius 2 is 2.05 bits per heavy atom. The average Bonchev–Trinajstić information content (AvgIpc) is 2.95. The molecule has 1 heterocycles. The number of benzene rings is 1. The third-order valence-corrected chi connectivity index (χ3v) is 3.15. The zero-order valence-electron chi connectivity index (χ0n) is 12.0. The van der Waals surface area contributed by atoms with Gasteiger partial charge in [0, 0.05) is 18.7 Å². The van der Waals surface area contributed by atoms with Gasteiger partial charge in [0.25, 0.3) is 0 Å². The molecule has 0 aliphatic heterocycles. The molecule has 0 unspecified atom stereocenters. The first-order chi connectivity index (χ1) is 10.3. The van der Waals surface area contributed by atoms with Gasteiger partial charge in [0.15, 0.2) is 0 Å². The van der Waals surface area contributed by atoms with E-state index >= 15 is 0 Å². The highest BCUT2D eigenvalue weighted by Gasteiger charge is 2.12. The van der Waals surface area contributed by atoms with Crippen LogP contribution in [0.2, 0.25) is 0 Å². The van der Waals surface area contributed by atoms with Gasteiger partial charge in [-0.3, -0.25) is 4.90 Å². The van der Waals surface area contributed by atoms with Crippen LogP contribution >= 0.6 is 0 Å². The van der Waals surface area contributed by atoms with E-state index in [0.717, 1.165) is 11.3 Å². The molecule has 1 N–H and O–H groups in total. The SMILES string of the molecule is COc1ccccc1CN(CCO)Cc1ccc(C#N)o1. The summed E-state index contributed by atoms with van der Waals surface area (Å²) in [5.74, 6) is 1.82. The Hall–Kier alpha value is -2.29. The highest BCUT2D eigenvalue weighted by atomic mass is 16.5. The molecular formula is C16H18N2O3. The second kappa shape index (κ2) is 7.48. The lowest BCUT2D eigenvalue weighted by molar-refractivity contribution is 0.173. The van der Waals surface area contributed by atoms with E-state index in [2.05, 4.69) is 0 Å². The number of rotatable bonds is 7. The van der Waals surface area contributed by atoms with Crippen molar-refractivity contribution in [3.63, 3.8) is 0 Å². The van der Waals surface area contributed by atoms with Gasteiger partial charge in [-0.15, -0.1) is 0 Å². The number of hydrogen-bond acceptors (Lipinski definition) is 5. The van der Waals surface area contributed by atoms with E-state index in [0.29, 0.717) is 31.2 Å². The zero-order valence-corrected chi connectivity index (χ0v) is 12.0. The zero-order chi connectivity index (χ0) is 15.1. The van der Waals surface area contributed by atoms with Crippen LogP contribution in [-0.4, -0.2) is 30.3 Å². The van der Waals surface area contributed by atoms with Gasteiger partial charge in [0.2, 0.25) is 5.76 Å². The number of nitrogens with zero attached hydrogens (tertiary/aromatic N) is 2. The molecule has 21 heavy (non-hydrogen) atoms. The number of nitriles is 1. The fourth-order valence-corrected chi connectivity index (χ4v) is 2.17. The number of hydrogen-bond donors (Lipinski definition) is 1. The van der Waals surface area contributed by atoms with E-state index in [1.807, 2.05) is 35.2 Å². The normalized spacial score (nSPS) is 10.6. The summed E-state index contributed by atoms with van der Waals surface area (Å²) < 4.78 is 10.7. The molecule has 1 aromatic heterocycles. The smallest absolute Gasteiger partial charge is 0.203 e. The molecule has 0 fully saturated rings. The summed E-state index contributed by atoms with van der Waals surface area (Å²) in [6, 6.07) is 13.2. The molecule has 0 aliphatic carbocycles. The second-order valence-corrected chi connectivity index (χ2v) is 4.62. The molecular weight excluding hydrogens is 268 g/mol. The first-order valence-electron chi connectivity index (χ1n) is 6.70. The molecule has 2 aromatic rings. The molecule has 0 atom stereocenters. The van der Waals surface area contributed by atoms with Crippen LogP contribution in [0.25, 0.3) is 0 Å². The van der Waals surface area contributed by atoms with Crippen LogP contribution in [0.4, 0.5) is 0 Å². The van der Waals surface area contributed by atoms with Crippen molar-refractivity contribution >= 4 is 0 Å². The van der Waals surface area contributed by atoms with Gasteiger partial charge in [-0.1, -0.05) is 18.2 Å². The van der Waals surface area contributed by atoms with Crippen molar-refractivity contribution in [2.24, 2.45) is 0 Å². The van der Waals surface area contributed by atoms with E-state index in [-0.39, 0.29) is 6.61 Å². The van der Waals surface area contributed by atoms with Crippen molar-refractivity contribution in [3.8, 4) is 11.8 Å². The molecule has 0 spiro atoms. The molecule has 5 heteroatoms. The van der Waals surface area contributed by atoms with Crippen LogP contribution in [0, 0.1) is 11.3 Å². The highest BCUT2D eigenvalue weighted by molar-refractivity contribution is 5.33. The van der Waals surface area contributed by atoms with Crippen molar-refractivity contribution in [1.29, 1.82) is 5.26 Å². The summed E-state index contributed by atoms with van der Waals surface area (Å²) in [5, 5.41) is 18.0. The number of methoxy groups -OCH3 is 1. The van der Waals surface area contributed by atoms with Gasteiger partial charge in [-0.25, -0.2) is 0 Å². The van der Waals surface area contributed by atoms with Gasteiger partial charge in [0.1, 0.15) is 17.6 Å². The minimum atomic E-state index is 0.0565. The Morgan fingerprint density at radius 3 is 2.71 bits per heavy atom. The summed E-state index contributed by atoms with van der Waals surface area (Å²) in [5.41, 5.74) is 1.04. The Bertz CT molecular complexity index is 616. The van der Waals surface area contributed by atoms with Crippen molar-refractivity contribution in [2.75, 3.05) is 20.3 Å². The molecule has 0 saturated carbocycles. The van der Waals surface area contributed by atoms with Gasteiger partial charge >= 0.3 is 0 Å². The lowest BCUT2D eigenvalue weighted by atomic mass is 10.2. The van der Waals surface area contributed by atoms with Gasteiger partial charge in [-0.2, -0.15) is 5.26 Å². The Balaban J connectivity index is 2.10. The van der Waals surface area contributed by atoms with Crippen LogP contribution in [0.1, 0.15) is 17.1 Å². The van der Waals surface area contributed by atoms with Gasteiger partial charge < -0.3 is 14.3 Å². The maximum Gasteiger partial charge on any atom is 0.203 e. The van der Waals surface area contributed by atoms with Crippen LogP contribution in [0.15, 0.2) is 40.8 Å². The maximum atomic E-state index is 9.21. The van der Waals surface area contributed by atoms with Gasteiger partial charge in [-0.05, 0) is 18.2 Å². The molecule has 1 aromatic carbocycles. The Kier molecular flexibility index (Phi) is 5.38. The van der Waals surface area contributed by atoms with Crippen molar-refractivity contribution in [1.82, 2.24) is 4.90 Å². The molecule has 0 radical (unpaired) electrons. The van der Waals surface area contributed by atoms with Crippen molar-refractivity contribution < 1.29 is 14.3 Å². The summed E-state index contributed by atoms with van der Waals surface area (Å²) in [4.78, 5) is 2.04. The molecule has 110 valence electrons. The fourth-order valence-electron chi connectivity index (χ4n) is 2.17. The molecule has 0 amide bonds. The second-order valence-electron chi connectivity index (χ2n) is 4.62. The largest absolute Gasteiger partial charge is 0.496 e. The van der Waals surface area contributed by atoms with E-state index in [1.165, 1.54) is 0 Å².